The summed E-state index contributed by atoms with van der Waals surface area (Å²) in [5, 5.41) is 2.76. The van der Waals surface area contributed by atoms with E-state index in [1.807, 2.05) is 39.0 Å². The first kappa shape index (κ1) is 17.7. The van der Waals surface area contributed by atoms with E-state index in [0.717, 1.165) is 30.2 Å². The second-order valence-corrected chi connectivity index (χ2v) is 7.36. The third-order valence-electron chi connectivity index (χ3n) is 3.06. The van der Waals surface area contributed by atoms with Crippen molar-refractivity contribution >= 4 is 21.6 Å². The number of sulfonamides is 1. The Labute approximate surface area is 127 Å². The van der Waals surface area contributed by atoms with Crippen molar-refractivity contribution in [3.8, 4) is 0 Å². The van der Waals surface area contributed by atoms with E-state index in [1.165, 1.54) is 4.31 Å². The Balaban J connectivity index is 2.73. The first-order chi connectivity index (χ1) is 9.72. The molecule has 0 radical (unpaired) electrons. The molecule has 0 saturated carbocycles. The van der Waals surface area contributed by atoms with Crippen molar-refractivity contribution < 1.29 is 13.2 Å². The first-order valence-corrected chi connectivity index (χ1v) is 8.90. The number of carbonyl (C=O) groups is 1. The van der Waals surface area contributed by atoms with E-state index in [1.54, 1.807) is 0 Å². The lowest BCUT2D eigenvalue weighted by Crippen LogP contribution is -2.38. The maximum absolute atomic E-state index is 12.0. The molecule has 1 N–H and O–H groups in total. The van der Waals surface area contributed by atoms with Gasteiger partial charge in [0.1, 0.15) is 0 Å². The molecule has 0 aliphatic heterocycles. The standard InChI is InChI=1S/C15H24N2O3S/c1-5-6-7-17(21(4,19)20)11-15(18)16-14-9-12(2)8-13(3)10-14/h8-10H,5-7,11H2,1-4H3,(H,16,18). The van der Waals surface area contributed by atoms with Gasteiger partial charge in [-0.25, -0.2) is 8.42 Å². The molecular weight excluding hydrogens is 288 g/mol. The number of anilines is 1. The lowest BCUT2D eigenvalue weighted by atomic mass is 10.1. The lowest BCUT2D eigenvalue weighted by Gasteiger charge is -2.19. The minimum atomic E-state index is -3.37. The van der Waals surface area contributed by atoms with Crippen LogP contribution >= 0.6 is 0 Å². The van der Waals surface area contributed by atoms with Crippen molar-refractivity contribution in [3.63, 3.8) is 0 Å². The molecule has 0 atom stereocenters. The molecule has 118 valence electrons. The highest BCUT2D eigenvalue weighted by Crippen LogP contribution is 2.14. The van der Waals surface area contributed by atoms with Crippen LogP contribution in [0.5, 0.6) is 0 Å². The molecule has 0 fully saturated rings. The minimum absolute atomic E-state index is 0.147. The Hall–Kier alpha value is -1.40. The van der Waals surface area contributed by atoms with E-state index in [4.69, 9.17) is 0 Å². The Morgan fingerprint density at radius 2 is 1.76 bits per heavy atom. The van der Waals surface area contributed by atoms with E-state index in [-0.39, 0.29) is 12.5 Å². The summed E-state index contributed by atoms with van der Waals surface area (Å²) >= 11 is 0. The highest BCUT2D eigenvalue weighted by molar-refractivity contribution is 7.88. The van der Waals surface area contributed by atoms with Gasteiger partial charge < -0.3 is 5.32 Å². The number of unbranched alkanes of at least 4 members (excludes halogenated alkanes) is 1. The maximum atomic E-state index is 12.0. The highest BCUT2D eigenvalue weighted by atomic mass is 32.2. The molecule has 0 saturated heterocycles. The van der Waals surface area contributed by atoms with Crippen molar-refractivity contribution in [2.75, 3.05) is 24.7 Å². The second kappa shape index (κ2) is 7.56. The molecule has 1 amide bonds. The van der Waals surface area contributed by atoms with Crippen molar-refractivity contribution in [1.29, 1.82) is 0 Å². The van der Waals surface area contributed by atoms with Gasteiger partial charge >= 0.3 is 0 Å². The molecule has 6 heteroatoms. The minimum Gasteiger partial charge on any atom is -0.325 e. The zero-order chi connectivity index (χ0) is 16.0. The molecular formula is C15H24N2O3S. The van der Waals surface area contributed by atoms with Crippen molar-refractivity contribution in [2.24, 2.45) is 0 Å². The maximum Gasteiger partial charge on any atom is 0.239 e. The Bertz CT molecular complexity index is 577. The van der Waals surface area contributed by atoms with Gasteiger partial charge in [-0.2, -0.15) is 4.31 Å². The van der Waals surface area contributed by atoms with Crippen LogP contribution in [0.25, 0.3) is 0 Å². The average molecular weight is 312 g/mol. The summed E-state index contributed by atoms with van der Waals surface area (Å²) in [4.78, 5) is 12.0. The summed E-state index contributed by atoms with van der Waals surface area (Å²) in [6, 6.07) is 5.74. The molecule has 21 heavy (non-hydrogen) atoms. The molecule has 0 heterocycles. The number of hydrogen-bond donors (Lipinski definition) is 1. The van der Waals surface area contributed by atoms with Gasteiger partial charge in [-0.1, -0.05) is 19.4 Å². The van der Waals surface area contributed by atoms with Crippen molar-refractivity contribution in [1.82, 2.24) is 4.31 Å². The zero-order valence-corrected chi connectivity index (χ0v) is 14.0. The van der Waals surface area contributed by atoms with E-state index < -0.39 is 10.0 Å². The quantitative estimate of drug-likeness (QED) is 0.840. The molecule has 0 aliphatic carbocycles. The van der Waals surface area contributed by atoms with E-state index in [9.17, 15) is 13.2 Å². The van der Waals surface area contributed by atoms with Gasteiger partial charge in [-0.05, 0) is 43.5 Å². The molecule has 5 nitrogen and oxygen atoms in total. The molecule has 0 bridgehead atoms. The van der Waals surface area contributed by atoms with Crippen LogP contribution in [0, 0.1) is 13.8 Å². The average Bonchev–Trinajstić information content (AvgIpc) is 2.31. The summed E-state index contributed by atoms with van der Waals surface area (Å²) in [7, 11) is -3.37. The Morgan fingerprint density at radius 1 is 1.19 bits per heavy atom. The third-order valence-corrected chi connectivity index (χ3v) is 4.31. The summed E-state index contributed by atoms with van der Waals surface area (Å²) < 4.78 is 24.6. The smallest absolute Gasteiger partial charge is 0.239 e. The van der Waals surface area contributed by atoms with Gasteiger partial charge in [-0.15, -0.1) is 0 Å². The Morgan fingerprint density at radius 3 is 2.24 bits per heavy atom. The molecule has 1 aromatic rings. The monoisotopic (exact) mass is 312 g/mol. The predicted molar refractivity (Wildman–Crippen MR) is 85.9 cm³/mol. The Kier molecular flexibility index (Phi) is 6.36. The molecule has 0 unspecified atom stereocenters. The zero-order valence-electron chi connectivity index (χ0n) is 13.1. The van der Waals surface area contributed by atoms with Crippen LogP contribution in [0.4, 0.5) is 5.69 Å². The highest BCUT2D eigenvalue weighted by Gasteiger charge is 2.19. The topological polar surface area (TPSA) is 66.5 Å². The molecule has 0 aliphatic rings. The number of nitrogens with zero attached hydrogens (tertiary/aromatic N) is 1. The van der Waals surface area contributed by atoms with Crippen molar-refractivity contribution in [3.05, 3.63) is 29.3 Å². The summed E-state index contributed by atoms with van der Waals surface area (Å²) in [5.74, 6) is -0.318. The van der Waals surface area contributed by atoms with E-state index in [2.05, 4.69) is 5.32 Å². The van der Waals surface area contributed by atoms with E-state index >= 15 is 0 Å². The summed E-state index contributed by atoms with van der Waals surface area (Å²) in [6.07, 6.45) is 2.75. The fourth-order valence-corrected chi connectivity index (χ4v) is 2.92. The van der Waals surface area contributed by atoms with Gasteiger partial charge in [0, 0.05) is 12.2 Å². The summed E-state index contributed by atoms with van der Waals surface area (Å²) in [6.45, 7) is 6.11. The lowest BCUT2D eigenvalue weighted by molar-refractivity contribution is -0.116. The fraction of sp³-hybridized carbons (Fsp3) is 0.533. The van der Waals surface area contributed by atoms with E-state index in [0.29, 0.717) is 12.2 Å². The van der Waals surface area contributed by atoms with Gasteiger partial charge in [0.05, 0.1) is 12.8 Å². The number of aryl methyl sites for hydroxylation is 2. The van der Waals surface area contributed by atoms with Gasteiger partial charge in [0.25, 0.3) is 0 Å². The van der Waals surface area contributed by atoms with Crippen LogP contribution in [-0.4, -0.2) is 38.0 Å². The van der Waals surface area contributed by atoms with Crippen LogP contribution in [-0.2, 0) is 14.8 Å². The number of rotatable bonds is 7. The van der Waals surface area contributed by atoms with Crippen LogP contribution in [0.15, 0.2) is 18.2 Å². The molecule has 0 aromatic heterocycles. The number of hydrogen-bond acceptors (Lipinski definition) is 3. The van der Waals surface area contributed by atoms with Crippen LogP contribution in [0.2, 0.25) is 0 Å². The molecule has 0 spiro atoms. The van der Waals surface area contributed by atoms with Crippen LogP contribution in [0.1, 0.15) is 30.9 Å². The first-order valence-electron chi connectivity index (χ1n) is 7.05. The normalized spacial score (nSPS) is 11.7. The second-order valence-electron chi connectivity index (χ2n) is 5.37. The molecule has 1 aromatic carbocycles. The van der Waals surface area contributed by atoms with Crippen LogP contribution in [0.3, 0.4) is 0 Å². The summed E-state index contributed by atoms with van der Waals surface area (Å²) in [5.41, 5.74) is 2.80. The van der Waals surface area contributed by atoms with Gasteiger partial charge in [0.15, 0.2) is 0 Å². The third kappa shape index (κ3) is 6.27. The number of carbonyl (C=O) groups excluding carboxylic acids is 1. The van der Waals surface area contributed by atoms with Crippen molar-refractivity contribution in [2.45, 2.75) is 33.6 Å². The van der Waals surface area contributed by atoms with Gasteiger partial charge in [-0.3, -0.25) is 4.79 Å². The molecule has 1 rings (SSSR count). The number of nitrogens with one attached hydrogen (secondary N) is 1. The fourth-order valence-electron chi connectivity index (χ4n) is 2.10. The number of benzene rings is 1. The van der Waals surface area contributed by atoms with Gasteiger partial charge in [0.2, 0.25) is 15.9 Å². The number of amides is 1. The SMILES string of the molecule is CCCCN(CC(=O)Nc1cc(C)cc(C)c1)S(C)(=O)=O. The largest absolute Gasteiger partial charge is 0.325 e. The predicted octanol–water partition coefficient (Wildman–Crippen LogP) is 2.30. The van der Waals surface area contributed by atoms with Crippen LogP contribution < -0.4 is 5.32 Å².